The van der Waals surface area contributed by atoms with Crippen molar-refractivity contribution in [3.63, 3.8) is 0 Å². The molecule has 2 heterocycles. The molecule has 170 valence electrons. The lowest BCUT2D eigenvalue weighted by Gasteiger charge is -2.27. The Hall–Kier alpha value is -4.32. The molecule has 6 heteroatoms. The fourth-order valence-electron chi connectivity index (χ4n) is 4.79. The van der Waals surface area contributed by atoms with Gasteiger partial charge in [-0.3, -0.25) is 14.5 Å². The van der Waals surface area contributed by atoms with Crippen LogP contribution < -0.4 is 9.64 Å². The molecule has 1 amide bonds. The SMILES string of the molecule is COc1ccccc1C1/C(=C(\O)c2c[nH]c3ccccc23)C(=O)C(=O)N1c1cc(C)cc(C)c1. The highest BCUT2D eigenvalue weighted by Crippen LogP contribution is 2.45. The van der Waals surface area contributed by atoms with Gasteiger partial charge in [-0.05, 0) is 49.2 Å². The first-order chi connectivity index (χ1) is 16.4. The van der Waals surface area contributed by atoms with E-state index < -0.39 is 17.7 Å². The molecule has 0 spiro atoms. The Morgan fingerprint density at radius 3 is 2.38 bits per heavy atom. The summed E-state index contributed by atoms with van der Waals surface area (Å²) in [5, 5.41) is 12.2. The molecule has 1 aromatic heterocycles. The number of hydrogen-bond donors (Lipinski definition) is 2. The number of ketones is 1. The van der Waals surface area contributed by atoms with E-state index in [2.05, 4.69) is 4.98 Å². The number of amides is 1. The molecule has 0 bridgehead atoms. The Morgan fingerprint density at radius 2 is 1.65 bits per heavy atom. The van der Waals surface area contributed by atoms with Gasteiger partial charge in [-0.25, -0.2) is 0 Å². The molecule has 3 aromatic carbocycles. The zero-order valence-electron chi connectivity index (χ0n) is 19.1. The van der Waals surface area contributed by atoms with E-state index in [1.807, 2.05) is 74.5 Å². The third-order valence-electron chi connectivity index (χ3n) is 6.21. The maximum absolute atomic E-state index is 13.5. The van der Waals surface area contributed by atoms with E-state index in [0.717, 1.165) is 22.0 Å². The molecule has 0 aliphatic carbocycles. The molecule has 0 radical (unpaired) electrons. The summed E-state index contributed by atoms with van der Waals surface area (Å²) < 4.78 is 5.59. The lowest BCUT2D eigenvalue weighted by atomic mass is 9.94. The third kappa shape index (κ3) is 3.35. The Kier molecular flexibility index (Phi) is 5.21. The van der Waals surface area contributed by atoms with Crippen LogP contribution in [0, 0.1) is 13.8 Å². The van der Waals surface area contributed by atoms with Crippen LogP contribution in [0.15, 0.2) is 78.5 Å². The van der Waals surface area contributed by atoms with Gasteiger partial charge in [0.25, 0.3) is 11.7 Å². The predicted molar refractivity (Wildman–Crippen MR) is 132 cm³/mol. The van der Waals surface area contributed by atoms with Crippen LogP contribution in [0.4, 0.5) is 5.69 Å². The predicted octanol–water partition coefficient (Wildman–Crippen LogP) is 5.42. The van der Waals surface area contributed by atoms with Crippen molar-refractivity contribution in [1.29, 1.82) is 0 Å². The summed E-state index contributed by atoms with van der Waals surface area (Å²) in [7, 11) is 1.54. The van der Waals surface area contributed by atoms with Crippen LogP contribution in [0.1, 0.15) is 28.3 Å². The van der Waals surface area contributed by atoms with Crippen molar-refractivity contribution < 1.29 is 19.4 Å². The van der Waals surface area contributed by atoms with Gasteiger partial charge in [-0.15, -0.1) is 0 Å². The van der Waals surface area contributed by atoms with Crippen molar-refractivity contribution in [3.8, 4) is 5.75 Å². The van der Waals surface area contributed by atoms with E-state index >= 15 is 0 Å². The maximum Gasteiger partial charge on any atom is 0.300 e. The second kappa shape index (κ2) is 8.23. The summed E-state index contributed by atoms with van der Waals surface area (Å²) in [5.74, 6) is -1.13. The van der Waals surface area contributed by atoms with Gasteiger partial charge in [0.2, 0.25) is 0 Å². The van der Waals surface area contributed by atoms with Gasteiger partial charge in [0.05, 0.1) is 18.7 Å². The lowest BCUT2D eigenvalue weighted by Crippen LogP contribution is -2.29. The Balaban J connectivity index is 1.80. The molecule has 1 atom stereocenters. The van der Waals surface area contributed by atoms with Crippen molar-refractivity contribution in [3.05, 3.63) is 101 Å². The number of rotatable bonds is 4. The molecule has 34 heavy (non-hydrogen) atoms. The number of fused-ring (bicyclic) bond motifs is 1. The number of carbonyl (C=O) groups is 2. The smallest absolute Gasteiger partial charge is 0.300 e. The van der Waals surface area contributed by atoms with Crippen LogP contribution in [-0.2, 0) is 9.59 Å². The van der Waals surface area contributed by atoms with Gasteiger partial charge >= 0.3 is 0 Å². The minimum Gasteiger partial charge on any atom is -0.507 e. The van der Waals surface area contributed by atoms with Crippen LogP contribution in [-0.4, -0.2) is 28.9 Å². The molecular formula is C28H24N2O4. The highest BCUT2D eigenvalue weighted by Gasteiger charge is 2.48. The Labute approximate surface area is 197 Å². The standard InChI is InChI=1S/C28H24N2O4/c1-16-12-17(2)14-18(13-16)30-25(20-9-5-7-11-23(20)34-3)24(27(32)28(30)33)26(31)21-15-29-22-10-6-4-8-19(21)22/h4-15,25,29,31H,1-3H3/b26-24+. The van der Waals surface area contributed by atoms with E-state index in [1.54, 1.807) is 19.4 Å². The van der Waals surface area contributed by atoms with Crippen molar-refractivity contribution in [1.82, 2.24) is 4.98 Å². The average molecular weight is 453 g/mol. The zero-order chi connectivity index (χ0) is 24.0. The number of hydrogen-bond acceptors (Lipinski definition) is 4. The first-order valence-electron chi connectivity index (χ1n) is 11.0. The van der Waals surface area contributed by atoms with Gasteiger partial charge in [-0.1, -0.05) is 42.5 Å². The maximum atomic E-state index is 13.5. The van der Waals surface area contributed by atoms with Gasteiger partial charge in [0.15, 0.2) is 0 Å². The van der Waals surface area contributed by atoms with E-state index in [9.17, 15) is 14.7 Å². The van der Waals surface area contributed by atoms with Gasteiger partial charge in [-0.2, -0.15) is 0 Å². The monoisotopic (exact) mass is 452 g/mol. The second-order valence-electron chi connectivity index (χ2n) is 8.50. The van der Waals surface area contributed by atoms with E-state index in [1.165, 1.54) is 4.90 Å². The van der Waals surface area contributed by atoms with E-state index in [4.69, 9.17) is 4.74 Å². The van der Waals surface area contributed by atoms with Crippen molar-refractivity contribution >= 4 is 34.0 Å². The van der Waals surface area contributed by atoms with Crippen LogP contribution in [0.2, 0.25) is 0 Å². The first-order valence-corrected chi connectivity index (χ1v) is 11.0. The molecule has 1 unspecified atom stereocenters. The van der Waals surface area contributed by atoms with Gasteiger partial charge < -0.3 is 14.8 Å². The number of anilines is 1. The normalized spacial score (nSPS) is 17.5. The number of nitrogens with zero attached hydrogens (tertiary/aromatic N) is 1. The molecule has 1 fully saturated rings. The summed E-state index contributed by atoms with van der Waals surface area (Å²) in [4.78, 5) is 31.5. The number of benzene rings is 3. The highest BCUT2D eigenvalue weighted by molar-refractivity contribution is 6.52. The minimum atomic E-state index is -0.856. The molecule has 1 aliphatic rings. The number of aromatic amines is 1. The number of ether oxygens (including phenoxy) is 1. The van der Waals surface area contributed by atoms with Gasteiger partial charge in [0, 0.05) is 33.9 Å². The number of nitrogens with one attached hydrogen (secondary N) is 1. The number of H-pyrrole nitrogens is 1. The number of para-hydroxylation sites is 2. The fourth-order valence-corrected chi connectivity index (χ4v) is 4.79. The number of aromatic nitrogens is 1. The molecular weight excluding hydrogens is 428 g/mol. The Morgan fingerprint density at radius 1 is 0.971 bits per heavy atom. The molecule has 4 aromatic rings. The zero-order valence-corrected chi connectivity index (χ0v) is 19.1. The summed E-state index contributed by atoms with van der Waals surface area (Å²) >= 11 is 0. The molecule has 1 saturated heterocycles. The average Bonchev–Trinajstić information content (AvgIpc) is 3.37. The minimum absolute atomic E-state index is 0.0263. The number of aryl methyl sites for hydroxylation is 2. The number of carbonyl (C=O) groups excluding carboxylic acids is 2. The summed E-state index contributed by atoms with van der Waals surface area (Å²) in [6, 6.07) is 19.6. The largest absolute Gasteiger partial charge is 0.507 e. The van der Waals surface area contributed by atoms with E-state index in [-0.39, 0.29) is 11.3 Å². The van der Waals surface area contributed by atoms with Crippen molar-refractivity contribution in [2.45, 2.75) is 19.9 Å². The van der Waals surface area contributed by atoms with E-state index in [0.29, 0.717) is 22.6 Å². The second-order valence-corrected chi connectivity index (χ2v) is 8.50. The third-order valence-corrected chi connectivity index (χ3v) is 6.21. The number of aliphatic hydroxyl groups excluding tert-OH is 1. The van der Waals surface area contributed by atoms with Crippen LogP contribution in [0.25, 0.3) is 16.7 Å². The van der Waals surface area contributed by atoms with Crippen LogP contribution in [0.3, 0.4) is 0 Å². The number of aliphatic hydroxyl groups is 1. The molecule has 1 aliphatic heterocycles. The summed E-state index contributed by atoms with van der Waals surface area (Å²) in [6.07, 6.45) is 1.66. The van der Waals surface area contributed by atoms with Crippen molar-refractivity contribution in [2.75, 3.05) is 12.0 Å². The molecule has 0 saturated carbocycles. The van der Waals surface area contributed by atoms with Crippen LogP contribution in [0.5, 0.6) is 5.75 Å². The van der Waals surface area contributed by atoms with Gasteiger partial charge in [0.1, 0.15) is 11.5 Å². The molecule has 5 rings (SSSR count). The van der Waals surface area contributed by atoms with Crippen LogP contribution >= 0.6 is 0 Å². The highest BCUT2D eigenvalue weighted by atomic mass is 16.5. The molecule has 2 N–H and O–H groups in total. The molecule has 6 nitrogen and oxygen atoms in total. The summed E-state index contributed by atoms with van der Waals surface area (Å²) in [6.45, 7) is 3.88. The number of methoxy groups -OCH3 is 1. The summed E-state index contributed by atoms with van der Waals surface area (Å²) in [5.41, 5.74) is 4.45. The lowest BCUT2D eigenvalue weighted by molar-refractivity contribution is -0.132. The Bertz CT molecular complexity index is 1460. The quantitative estimate of drug-likeness (QED) is 0.246. The topological polar surface area (TPSA) is 82.6 Å². The van der Waals surface area contributed by atoms with Crippen molar-refractivity contribution in [2.24, 2.45) is 0 Å². The number of Topliss-reactive ketones (excluding diaryl/α,β-unsaturated/α-hetero) is 1. The first kappa shape index (κ1) is 21.5. The fraction of sp³-hybridized carbons (Fsp3) is 0.143.